The zero-order valence-electron chi connectivity index (χ0n) is 7.46. The van der Waals surface area contributed by atoms with Gasteiger partial charge in [0.1, 0.15) is 6.29 Å². The molecule has 2 aromatic rings. The van der Waals surface area contributed by atoms with Gasteiger partial charge >= 0.3 is 0 Å². The molecule has 0 unspecified atom stereocenters. The van der Waals surface area contributed by atoms with Crippen LogP contribution in [0.2, 0.25) is 5.02 Å². The standard InChI is InChI=1S/C9H6ClIN2OS/c10-5-3-7-8(4-6(5)11)13-9(12-7)15-2-1-14/h1,3-4H,2H2,(H,12,13). The molecular formula is C9H6ClIN2OS. The van der Waals surface area contributed by atoms with Crippen LogP contribution in [0.5, 0.6) is 0 Å². The number of benzene rings is 1. The average Bonchev–Trinajstić information content (AvgIpc) is 2.58. The highest BCUT2D eigenvalue weighted by Gasteiger charge is 2.06. The molecule has 78 valence electrons. The van der Waals surface area contributed by atoms with Crippen LogP contribution in [0.25, 0.3) is 11.0 Å². The predicted molar refractivity (Wildman–Crippen MR) is 70.6 cm³/mol. The number of rotatable bonds is 3. The SMILES string of the molecule is O=CCSc1nc2cc(I)c(Cl)cc2[nH]1. The molecule has 0 fully saturated rings. The minimum absolute atomic E-state index is 0.407. The van der Waals surface area contributed by atoms with E-state index in [9.17, 15) is 4.79 Å². The van der Waals surface area contributed by atoms with Crippen molar-refractivity contribution in [2.24, 2.45) is 0 Å². The number of thioether (sulfide) groups is 1. The number of carbonyl (C=O) groups is 1. The van der Waals surface area contributed by atoms with Gasteiger partial charge in [-0.3, -0.25) is 0 Å². The molecule has 6 heteroatoms. The van der Waals surface area contributed by atoms with E-state index in [-0.39, 0.29) is 0 Å². The van der Waals surface area contributed by atoms with Crippen LogP contribution in [0.15, 0.2) is 17.3 Å². The van der Waals surface area contributed by atoms with E-state index in [1.165, 1.54) is 11.8 Å². The van der Waals surface area contributed by atoms with E-state index in [0.717, 1.165) is 26.0 Å². The van der Waals surface area contributed by atoms with Crippen LogP contribution in [-0.4, -0.2) is 22.0 Å². The van der Waals surface area contributed by atoms with Crippen molar-refractivity contribution in [2.45, 2.75) is 5.16 Å². The van der Waals surface area contributed by atoms with Gasteiger partial charge in [-0.2, -0.15) is 0 Å². The third-order valence-electron chi connectivity index (χ3n) is 1.79. The van der Waals surface area contributed by atoms with Crippen molar-refractivity contribution < 1.29 is 4.79 Å². The van der Waals surface area contributed by atoms with E-state index in [2.05, 4.69) is 32.6 Å². The second-order valence-corrected chi connectivity index (χ2v) is 5.38. The Balaban J connectivity index is 2.42. The van der Waals surface area contributed by atoms with E-state index in [0.29, 0.717) is 10.8 Å². The maximum Gasteiger partial charge on any atom is 0.166 e. The Hall–Kier alpha value is -0.270. The molecule has 1 aromatic heterocycles. The summed E-state index contributed by atoms with van der Waals surface area (Å²) in [5.74, 6) is 0.407. The molecule has 0 aliphatic heterocycles. The Kier molecular flexibility index (Phi) is 3.53. The highest BCUT2D eigenvalue weighted by Crippen LogP contribution is 2.26. The summed E-state index contributed by atoms with van der Waals surface area (Å²) in [5, 5.41) is 1.45. The van der Waals surface area contributed by atoms with Gasteiger partial charge in [-0.05, 0) is 34.7 Å². The quantitative estimate of drug-likeness (QED) is 0.524. The summed E-state index contributed by atoms with van der Waals surface area (Å²) in [6.45, 7) is 0. The van der Waals surface area contributed by atoms with E-state index >= 15 is 0 Å². The molecule has 1 heterocycles. The first-order valence-corrected chi connectivity index (χ1v) is 6.56. The normalized spacial score (nSPS) is 10.8. The smallest absolute Gasteiger partial charge is 0.166 e. The molecule has 0 bridgehead atoms. The van der Waals surface area contributed by atoms with Gasteiger partial charge in [0.2, 0.25) is 0 Å². The van der Waals surface area contributed by atoms with Crippen LogP contribution in [0, 0.1) is 3.57 Å². The predicted octanol–water partition coefficient (Wildman–Crippen LogP) is 3.11. The fraction of sp³-hybridized carbons (Fsp3) is 0.111. The van der Waals surface area contributed by atoms with Gasteiger partial charge in [0.15, 0.2) is 5.16 Å². The Morgan fingerprint density at radius 2 is 2.40 bits per heavy atom. The summed E-state index contributed by atoms with van der Waals surface area (Å²) < 4.78 is 0.972. The highest BCUT2D eigenvalue weighted by atomic mass is 127. The Labute approximate surface area is 109 Å². The van der Waals surface area contributed by atoms with Crippen LogP contribution in [0.4, 0.5) is 0 Å². The monoisotopic (exact) mass is 352 g/mol. The van der Waals surface area contributed by atoms with Gasteiger partial charge < -0.3 is 9.78 Å². The van der Waals surface area contributed by atoms with Gasteiger partial charge in [0.25, 0.3) is 0 Å². The summed E-state index contributed by atoms with van der Waals surface area (Å²) in [6.07, 6.45) is 0.856. The van der Waals surface area contributed by atoms with Crippen molar-refractivity contribution in [1.29, 1.82) is 0 Å². The Morgan fingerprint density at radius 3 is 3.13 bits per heavy atom. The number of imidazole rings is 1. The van der Waals surface area contributed by atoms with Crippen LogP contribution in [-0.2, 0) is 4.79 Å². The molecule has 0 atom stereocenters. The van der Waals surface area contributed by atoms with Crippen molar-refractivity contribution in [3.05, 3.63) is 20.7 Å². The lowest BCUT2D eigenvalue weighted by molar-refractivity contribution is -0.105. The van der Waals surface area contributed by atoms with Crippen LogP contribution in [0.3, 0.4) is 0 Å². The molecule has 2 rings (SSSR count). The maximum absolute atomic E-state index is 10.2. The second-order valence-electron chi connectivity index (χ2n) is 2.80. The first kappa shape index (κ1) is 11.2. The summed E-state index contributed by atoms with van der Waals surface area (Å²) in [4.78, 5) is 17.7. The third-order valence-corrected chi connectivity index (χ3v) is 4.08. The number of hydrogen-bond donors (Lipinski definition) is 1. The number of fused-ring (bicyclic) bond motifs is 1. The minimum atomic E-state index is 0.407. The lowest BCUT2D eigenvalue weighted by Gasteiger charge is -1.93. The topological polar surface area (TPSA) is 45.8 Å². The zero-order chi connectivity index (χ0) is 10.8. The van der Waals surface area contributed by atoms with Gasteiger partial charge in [0, 0.05) is 3.57 Å². The molecule has 3 nitrogen and oxygen atoms in total. The van der Waals surface area contributed by atoms with E-state index in [4.69, 9.17) is 11.6 Å². The largest absolute Gasteiger partial charge is 0.333 e. The summed E-state index contributed by atoms with van der Waals surface area (Å²) in [5.41, 5.74) is 1.77. The van der Waals surface area contributed by atoms with Gasteiger partial charge in [-0.1, -0.05) is 23.4 Å². The average molecular weight is 353 g/mol. The van der Waals surface area contributed by atoms with Crippen molar-refractivity contribution >= 4 is 63.3 Å². The third kappa shape index (κ3) is 2.46. The molecule has 0 spiro atoms. The summed E-state index contributed by atoms with van der Waals surface area (Å²) >= 11 is 9.52. The van der Waals surface area contributed by atoms with Gasteiger partial charge in [-0.25, -0.2) is 4.98 Å². The van der Waals surface area contributed by atoms with E-state index in [1.807, 2.05) is 12.1 Å². The molecular weight excluding hydrogens is 347 g/mol. The molecule has 0 saturated heterocycles. The van der Waals surface area contributed by atoms with E-state index in [1.54, 1.807) is 0 Å². The fourth-order valence-electron chi connectivity index (χ4n) is 1.16. The number of carbonyl (C=O) groups excluding carboxylic acids is 1. The molecule has 0 radical (unpaired) electrons. The van der Waals surface area contributed by atoms with Crippen LogP contribution >= 0.6 is 46.0 Å². The Morgan fingerprint density at radius 1 is 1.60 bits per heavy atom. The number of aromatic nitrogens is 2. The molecule has 0 amide bonds. The molecule has 1 aromatic carbocycles. The number of aromatic amines is 1. The fourth-order valence-corrected chi connectivity index (χ4v) is 2.35. The lowest BCUT2D eigenvalue weighted by atomic mass is 10.3. The Bertz CT molecular complexity index is 475. The number of halogens is 2. The molecule has 0 aliphatic carbocycles. The maximum atomic E-state index is 10.2. The number of nitrogens with one attached hydrogen (secondary N) is 1. The van der Waals surface area contributed by atoms with Crippen molar-refractivity contribution in [2.75, 3.05) is 5.75 Å². The van der Waals surface area contributed by atoms with Gasteiger partial charge in [0.05, 0.1) is 21.8 Å². The lowest BCUT2D eigenvalue weighted by Crippen LogP contribution is -1.79. The number of nitrogens with zero attached hydrogens (tertiary/aromatic N) is 1. The molecule has 15 heavy (non-hydrogen) atoms. The first-order valence-electron chi connectivity index (χ1n) is 4.12. The number of H-pyrrole nitrogens is 1. The van der Waals surface area contributed by atoms with E-state index < -0.39 is 0 Å². The molecule has 0 aliphatic rings. The number of hydrogen-bond acceptors (Lipinski definition) is 3. The van der Waals surface area contributed by atoms with Crippen LogP contribution in [0.1, 0.15) is 0 Å². The minimum Gasteiger partial charge on any atom is -0.333 e. The summed E-state index contributed by atoms with van der Waals surface area (Å²) in [6, 6.07) is 3.76. The van der Waals surface area contributed by atoms with Crippen molar-refractivity contribution in [3.8, 4) is 0 Å². The molecule has 0 saturated carbocycles. The zero-order valence-corrected chi connectivity index (χ0v) is 11.2. The highest BCUT2D eigenvalue weighted by molar-refractivity contribution is 14.1. The van der Waals surface area contributed by atoms with Crippen LogP contribution < -0.4 is 0 Å². The van der Waals surface area contributed by atoms with Crippen molar-refractivity contribution in [3.63, 3.8) is 0 Å². The van der Waals surface area contributed by atoms with Gasteiger partial charge in [-0.15, -0.1) is 0 Å². The van der Waals surface area contributed by atoms with Crippen molar-refractivity contribution in [1.82, 2.24) is 9.97 Å². The second kappa shape index (κ2) is 4.71. The first-order chi connectivity index (χ1) is 7.20. The molecule has 1 N–H and O–H groups in total. The number of aldehydes is 1. The summed E-state index contributed by atoms with van der Waals surface area (Å²) in [7, 11) is 0.